The zero-order chi connectivity index (χ0) is 28.1. The van der Waals surface area contributed by atoms with Crippen LogP contribution in [0, 0.1) is 11.2 Å². The van der Waals surface area contributed by atoms with Gasteiger partial charge in [-0.2, -0.15) is 0 Å². The van der Waals surface area contributed by atoms with Crippen molar-refractivity contribution in [3.05, 3.63) is 35.3 Å². The van der Waals surface area contributed by atoms with E-state index in [1.54, 1.807) is 18.0 Å². The zero-order valence-electron chi connectivity index (χ0n) is 21.2. The highest BCUT2D eigenvalue weighted by molar-refractivity contribution is 5.99. The molecule has 0 aromatic heterocycles. The lowest BCUT2D eigenvalue weighted by Crippen LogP contribution is -2.45. The van der Waals surface area contributed by atoms with Crippen molar-refractivity contribution in [3.8, 4) is 0 Å². The first-order chi connectivity index (χ1) is 17.9. The van der Waals surface area contributed by atoms with E-state index in [-0.39, 0.29) is 24.3 Å². The molecule has 1 aromatic carbocycles. The largest absolute Gasteiger partial charge is 0.481 e. The molecule has 0 aliphatic carbocycles. The van der Waals surface area contributed by atoms with Crippen LogP contribution < -0.4 is 26.6 Å². The van der Waals surface area contributed by atoms with E-state index < -0.39 is 35.8 Å². The predicted molar refractivity (Wildman–Crippen MR) is 139 cm³/mol. The fourth-order valence-electron chi connectivity index (χ4n) is 4.89. The Hall–Kier alpha value is -3.71. The molecule has 1 aromatic rings. The van der Waals surface area contributed by atoms with Crippen LogP contribution in [0.25, 0.3) is 0 Å². The summed E-state index contributed by atoms with van der Waals surface area (Å²) in [5.74, 6) is -3.60. The van der Waals surface area contributed by atoms with Gasteiger partial charge in [0.2, 0.25) is 0 Å². The third-order valence-electron chi connectivity index (χ3n) is 6.99. The number of carboxylic acids is 2. The summed E-state index contributed by atoms with van der Waals surface area (Å²) < 4.78 is 15.1. The smallest absolute Gasteiger partial charge is 0.320 e. The number of hydrogen-bond acceptors (Lipinski definition) is 8. The summed E-state index contributed by atoms with van der Waals surface area (Å²) in [4.78, 5) is 38.0. The normalized spacial score (nSPS) is 21.2. The molecule has 2 unspecified atom stereocenters. The molecule has 13 heteroatoms. The van der Waals surface area contributed by atoms with Gasteiger partial charge >= 0.3 is 11.9 Å². The van der Waals surface area contributed by atoms with Crippen molar-refractivity contribution in [3.63, 3.8) is 0 Å². The Morgan fingerprint density at radius 3 is 2.50 bits per heavy atom. The van der Waals surface area contributed by atoms with Crippen LogP contribution >= 0.6 is 0 Å². The first-order valence-corrected chi connectivity index (χ1v) is 12.5. The molecule has 1 fully saturated rings. The molecule has 0 radical (unpaired) electrons. The van der Waals surface area contributed by atoms with Crippen molar-refractivity contribution >= 4 is 35.1 Å². The molecule has 0 saturated carbocycles. The maximum atomic E-state index is 15.1. The first kappa shape index (κ1) is 28.9. The number of halogens is 1. The molecule has 3 aliphatic rings. The fraction of sp³-hybridized carbons (Fsp3) is 0.520. The number of nitrogens with one attached hydrogen (secondary N) is 2. The second kappa shape index (κ2) is 12.2. The number of hydrogen-bond donors (Lipinski definition) is 7. The summed E-state index contributed by atoms with van der Waals surface area (Å²) in [5, 5.41) is 37.0. The Balaban J connectivity index is 0.000000284. The number of piperidine rings is 1. The second-order valence-electron chi connectivity index (χ2n) is 9.65. The molecule has 12 nitrogen and oxygen atoms in total. The molecule has 38 heavy (non-hydrogen) atoms. The quantitative estimate of drug-likeness (QED) is 0.145. The van der Waals surface area contributed by atoms with Gasteiger partial charge in [-0.15, -0.1) is 0 Å². The van der Waals surface area contributed by atoms with Crippen LogP contribution in [-0.2, 0) is 20.8 Å². The van der Waals surface area contributed by atoms with E-state index in [9.17, 15) is 24.6 Å². The van der Waals surface area contributed by atoms with Gasteiger partial charge in [0.05, 0.1) is 23.5 Å². The number of nitrogens with zero attached hydrogens (tertiary/aromatic N) is 2. The number of carbonyl (C=O) groups excluding carboxylic acids is 1. The number of anilines is 2. The molecule has 0 amide bonds. The Morgan fingerprint density at radius 2 is 1.92 bits per heavy atom. The van der Waals surface area contributed by atoms with Gasteiger partial charge in [0, 0.05) is 37.8 Å². The van der Waals surface area contributed by atoms with Crippen LogP contribution in [0.15, 0.2) is 18.3 Å². The highest BCUT2D eigenvalue weighted by Crippen LogP contribution is 2.46. The molecule has 9 N–H and O–H groups in total. The minimum Gasteiger partial charge on any atom is -0.481 e. The van der Waals surface area contributed by atoms with Gasteiger partial charge in [-0.3, -0.25) is 19.8 Å². The molecule has 208 valence electrons. The highest BCUT2D eigenvalue weighted by Gasteiger charge is 2.39. The standard InChI is InChI=1S/C19H21FN2O4.C6H14N4O2/c1-10-16(24)9-14-17-13(12(19(25)26)4-7-22(10)17)8-15(20)18(14)21-5-2-11(23)3-6-21;7-4(5(11)12)2-1-3-10-6(8)9/h4,7-8,10-12,23H,2-3,5-6,9H2,1H3,(H,25,26);4H,1-3,7H2,(H,11,12)(H4,8,9,10)/t;4-/m.1/s1. The van der Waals surface area contributed by atoms with Crippen LogP contribution in [0.1, 0.15) is 49.7 Å². The van der Waals surface area contributed by atoms with Crippen molar-refractivity contribution in [2.24, 2.45) is 11.5 Å². The fourth-order valence-corrected chi connectivity index (χ4v) is 4.89. The van der Waals surface area contributed by atoms with Crippen molar-refractivity contribution in [1.29, 1.82) is 5.41 Å². The number of ketones is 1. The Labute approximate surface area is 219 Å². The van der Waals surface area contributed by atoms with Crippen molar-refractivity contribution in [2.45, 2.75) is 63.1 Å². The molecule has 1 saturated heterocycles. The number of nitrogens with two attached hydrogens (primary N) is 2. The van der Waals surface area contributed by atoms with E-state index in [4.69, 9.17) is 22.0 Å². The van der Waals surface area contributed by atoms with Gasteiger partial charge in [-0.05, 0) is 50.3 Å². The minimum atomic E-state index is -1.04. The average molecular weight is 535 g/mol. The van der Waals surface area contributed by atoms with Crippen molar-refractivity contribution in [2.75, 3.05) is 29.4 Å². The number of carboxylic acid groups (broad SMARTS) is 2. The topological polar surface area (TPSA) is 206 Å². The van der Waals surface area contributed by atoms with E-state index in [2.05, 4.69) is 5.32 Å². The van der Waals surface area contributed by atoms with Crippen LogP contribution in [0.3, 0.4) is 0 Å². The monoisotopic (exact) mass is 534 g/mol. The average Bonchev–Trinajstić information content (AvgIpc) is 2.85. The number of aliphatic hydroxyl groups is 1. The lowest BCUT2D eigenvalue weighted by molar-refractivity contribution is -0.139. The lowest BCUT2D eigenvalue weighted by Gasteiger charge is -2.41. The maximum Gasteiger partial charge on any atom is 0.320 e. The predicted octanol–water partition coefficient (Wildman–Crippen LogP) is 0.464. The number of aliphatic hydroxyl groups excluding tert-OH is 1. The first-order valence-electron chi connectivity index (χ1n) is 12.5. The Kier molecular flexibility index (Phi) is 9.28. The number of carbonyl (C=O) groups is 3. The second-order valence-corrected chi connectivity index (χ2v) is 9.65. The number of Topliss-reactive ketones (excluding diaryl/α,β-unsaturated/α-hetero) is 1. The molecule has 3 heterocycles. The summed E-state index contributed by atoms with van der Waals surface area (Å²) in [6, 6.07) is 0.0734. The van der Waals surface area contributed by atoms with Crippen LogP contribution in [0.5, 0.6) is 0 Å². The van der Waals surface area contributed by atoms with Gasteiger partial charge in [0.25, 0.3) is 0 Å². The third-order valence-corrected chi connectivity index (χ3v) is 6.99. The molecule has 0 bridgehead atoms. The van der Waals surface area contributed by atoms with Crippen LogP contribution in [0.2, 0.25) is 0 Å². The Morgan fingerprint density at radius 1 is 1.26 bits per heavy atom. The summed E-state index contributed by atoms with van der Waals surface area (Å²) in [6.07, 6.45) is 4.90. The maximum absolute atomic E-state index is 15.1. The molecular weight excluding hydrogens is 499 g/mol. The van der Waals surface area contributed by atoms with Crippen molar-refractivity contribution < 1.29 is 34.1 Å². The highest BCUT2D eigenvalue weighted by atomic mass is 19.1. The summed E-state index contributed by atoms with van der Waals surface area (Å²) >= 11 is 0. The minimum absolute atomic E-state index is 0.0224. The van der Waals surface area contributed by atoms with Gasteiger partial charge < -0.3 is 41.9 Å². The van der Waals surface area contributed by atoms with E-state index in [1.165, 1.54) is 12.1 Å². The summed E-state index contributed by atoms with van der Waals surface area (Å²) in [5.41, 5.74) is 12.2. The van der Waals surface area contributed by atoms with Gasteiger partial charge in [0.15, 0.2) is 11.7 Å². The lowest BCUT2D eigenvalue weighted by atomic mass is 9.84. The molecular formula is C25H35FN6O6. The van der Waals surface area contributed by atoms with Crippen molar-refractivity contribution in [1.82, 2.24) is 5.32 Å². The SMILES string of the molecule is CC1C(=O)Cc2c(N3CCC(O)CC3)c(F)cc3c2N1C=CC3C(=O)O.N=C(N)NCCC[C@@H](N)C(=O)O. The molecule has 3 aliphatic heterocycles. The number of aliphatic carboxylic acids is 2. The van der Waals surface area contributed by atoms with E-state index in [0.717, 1.165) is 0 Å². The Bertz CT molecular complexity index is 1120. The van der Waals surface area contributed by atoms with E-state index in [1.807, 2.05) is 4.90 Å². The molecule has 0 spiro atoms. The van der Waals surface area contributed by atoms with Gasteiger partial charge in [0.1, 0.15) is 17.8 Å². The molecule has 4 rings (SSSR count). The van der Waals surface area contributed by atoms with Crippen LogP contribution in [0.4, 0.5) is 15.8 Å². The third kappa shape index (κ3) is 6.40. The number of guanidine groups is 1. The summed E-state index contributed by atoms with van der Waals surface area (Å²) in [7, 11) is 0. The van der Waals surface area contributed by atoms with Gasteiger partial charge in [-0.25, -0.2) is 4.39 Å². The van der Waals surface area contributed by atoms with E-state index >= 15 is 4.39 Å². The number of rotatable bonds is 7. The van der Waals surface area contributed by atoms with Crippen LogP contribution in [-0.4, -0.2) is 76.8 Å². The molecule has 3 atom stereocenters. The van der Waals surface area contributed by atoms with Gasteiger partial charge in [-0.1, -0.05) is 0 Å². The zero-order valence-corrected chi connectivity index (χ0v) is 21.2. The summed E-state index contributed by atoms with van der Waals surface area (Å²) in [6.45, 7) is 3.27. The number of benzene rings is 1. The van der Waals surface area contributed by atoms with E-state index in [0.29, 0.717) is 67.8 Å².